The fraction of sp³-hybridized carbons (Fsp3) is 0.294. The van der Waals surface area contributed by atoms with Gasteiger partial charge in [0.1, 0.15) is 11.6 Å². The number of benzene rings is 1. The van der Waals surface area contributed by atoms with Gasteiger partial charge in [-0.05, 0) is 24.3 Å². The molecule has 6 nitrogen and oxygen atoms in total. The topological polar surface area (TPSA) is 78.2 Å². The second-order valence-electron chi connectivity index (χ2n) is 5.21. The molecule has 7 heteroatoms. The van der Waals surface area contributed by atoms with Crippen LogP contribution in [0.15, 0.2) is 52.1 Å². The third-order valence-electron chi connectivity index (χ3n) is 3.56. The Hall–Kier alpha value is -2.03. The first kappa shape index (κ1) is 18.3. The SMILES string of the molecule is CN=C(NCCc1nc2ccccc2[nH]1)NCCc1ccco1.I. The predicted molar refractivity (Wildman–Crippen MR) is 107 cm³/mol. The number of fused-ring (bicyclic) bond motifs is 1. The number of aromatic amines is 1. The molecule has 0 radical (unpaired) electrons. The first-order chi connectivity index (χ1) is 11.3. The monoisotopic (exact) mass is 439 g/mol. The van der Waals surface area contributed by atoms with Crippen LogP contribution in [0.4, 0.5) is 0 Å². The normalized spacial score (nSPS) is 11.3. The summed E-state index contributed by atoms with van der Waals surface area (Å²) in [6, 6.07) is 11.9. The van der Waals surface area contributed by atoms with E-state index in [9.17, 15) is 0 Å². The fourth-order valence-electron chi connectivity index (χ4n) is 2.40. The molecule has 1 aromatic carbocycles. The average molecular weight is 439 g/mol. The Morgan fingerprint density at radius 3 is 2.62 bits per heavy atom. The van der Waals surface area contributed by atoms with Crippen molar-refractivity contribution >= 4 is 41.0 Å². The van der Waals surface area contributed by atoms with E-state index in [1.165, 1.54) is 0 Å². The second-order valence-corrected chi connectivity index (χ2v) is 5.21. The summed E-state index contributed by atoms with van der Waals surface area (Å²) < 4.78 is 5.30. The number of nitrogens with zero attached hydrogens (tertiary/aromatic N) is 2. The number of nitrogens with one attached hydrogen (secondary N) is 3. The zero-order chi connectivity index (χ0) is 15.9. The molecule has 0 aliphatic rings. The van der Waals surface area contributed by atoms with Crippen LogP contribution in [0.25, 0.3) is 11.0 Å². The summed E-state index contributed by atoms with van der Waals surface area (Å²) >= 11 is 0. The van der Waals surface area contributed by atoms with Gasteiger partial charge in [-0.1, -0.05) is 12.1 Å². The maximum absolute atomic E-state index is 5.30. The lowest BCUT2D eigenvalue weighted by atomic mass is 10.3. The smallest absolute Gasteiger partial charge is 0.191 e. The molecule has 128 valence electrons. The molecule has 2 aromatic heterocycles. The Morgan fingerprint density at radius 2 is 1.92 bits per heavy atom. The number of guanidine groups is 1. The van der Waals surface area contributed by atoms with Gasteiger partial charge in [0, 0.05) is 33.0 Å². The van der Waals surface area contributed by atoms with Crippen molar-refractivity contribution in [1.82, 2.24) is 20.6 Å². The lowest BCUT2D eigenvalue weighted by molar-refractivity contribution is 0.507. The Bertz CT molecular complexity index is 733. The molecule has 0 unspecified atom stereocenters. The molecule has 0 aliphatic heterocycles. The van der Waals surface area contributed by atoms with Gasteiger partial charge >= 0.3 is 0 Å². The molecule has 0 bridgehead atoms. The van der Waals surface area contributed by atoms with Crippen molar-refractivity contribution in [1.29, 1.82) is 0 Å². The number of aliphatic imine (C=N–C) groups is 1. The Kier molecular flexibility index (Phi) is 7.10. The van der Waals surface area contributed by atoms with Crippen LogP contribution in [-0.4, -0.2) is 36.1 Å². The number of halogens is 1. The van der Waals surface area contributed by atoms with Crippen LogP contribution in [0.3, 0.4) is 0 Å². The van der Waals surface area contributed by atoms with E-state index in [1.807, 2.05) is 36.4 Å². The van der Waals surface area contributed by atoms with Crippen LogP contribution in [0.5, 0.6) is 0 Å². The average Bonchev–Trinajstić information content (AvgIpc) is 3.22. The lowest BCUT2D eigenvalue weighted by Crippen LogP contribution is -2.39. The molecule has 3 aromatic rings. The van der Waals surface area contributed by atoms with Gasteiger partial charge in [0.2, 0.25) is 0 Å². The van der Waals surface area contributed by atoms with Gasteiger partial charge in [-0.3, -0.25) is 4.99 Å². The van der Waals surface area contributed by atoms with Crippen LogP contribution in [0.2, 0.25) is 0 Å². The van der Waals surface area contributed by atoms with Gasteiger partial charge in [-0.25, -0.2) is 4.98 Å². The van der Waals surface area contributed by atoms with E-state index in [4.69, 9.17) is 4.42 Å². The molecule has 0 saturated heterocycles. The molecular formula is C17H22IN5O. The molecule has 3 rings (SSSR count). The summed E-state index contributed by atoms with van der Waals surface area (Å²) in [6.45, 7) is 1.54. The largest absolute Gasteiger partial charge is 0.469 e. The van der Waals surface area contributed by atoms with E-state index in [1.54, 1.807) is 13.3 Å². The molecule has 0 fully saturated rings. The third-order valence-corrected chi connectivity index (χ3v) is 3.56. The summed E-state index contributed by atoms with van der Waals surface area (Å²) in [5.74, 6) is 2.73. The predicted octanol–water partition coefficient (Wildman–Crippen LogP) is 2.72. The summed E-state index contributed by atoms with van der Waals surface area (Å²) in [5, 5.41) is 6.56. The van der Waals surface area contributed by atoms with Crippen molar-refractivity contribution in [3.63, 3.8) is 0 Å². The Labute approximate surface area is 158 Å². The fourth-order valence-corrected chi connectivity index (χ4v) is 2.40. The highest BCUT2D eigenvalue weighted by atomic mass is 127. The number of hydrogen-bond acceptors (Lipinski definition) is 3. The minimum atomic E-state index is 0. The molecule has 0 saturated carbocycles. The van der Waals surface area contributed by atoms with E-state index < -0.39 is 0 Å². The Morgan fingerprint density at radius 1 is 1.12 bits per heavy atom. The number of para-hydroxylation sites is 2. The standard InChI is InChI=1S/C17H21N5O.HI/c1-18-17(19-10-8-13-5-4-12-23-13)20-11-9-16-21-14-6-2-3-7-15(14)22-16;/h2-7,12H,8-11H2,1H3,(H,21,22)(H2,18,19,20);1H. The highest BCUT2D eigenvalue weighted by Crippen LogP contribution is 2.10. The number of rotatable bonds is 6. The maximum Gasteiger partial charge on any atom is 0.191 e. The highest BCUT2D eigenvalue weighted by Gasteiger charge is 2.03. The Balaban J connectivity index is 0.00000208. The molecule has 0 aliphatic carbocycles. The first-order valence-corrected chi connectivity index (χ1v) is 7.75. The summed E-state index contributed by atoms with van der Waals surface area (Å²) in [7, 11) is 1.77. The number of imidazole rings is 1. The molecule has 0 spiro atoms. The lowest BCUT2D eigenvalue weighted by Gasteiger charge is -2.10. The van der Waals surface area contributed by atoms with Gasteiger partial charge in [-0.2, -0.15) is 0 Å². The van der Waals surface area contributed by atoms with Crippen molar-refractivity contribution in [3.05, 3.63) is 54.2 Å². The summed E-state index contributed by atoms with van der Waals surface area (Å²) in [6.07, 6.45) is 3.33. The first-order valence-electron chi connectivity index (χ1n) is 7.75. The molecule has 2 heterocycles. The summed E-state index contributed by atoms with van der Waals surface area (Å²) in [4.78, 5) is 12.1. The second kappa shape index (κ2) is 9.31. The maximum atomic E-state index is 5.30. The molecule has 3 N–H and O–H groups in total. The number of furan rings is 1. The van der Waals surface area contributed by atoms with Crippen LogP contribution in [0.1, 0.15) is 11.6 Å². The quantitative estimate of drug-likeness (QED) is 0.314. The molecular weight excluding hydrogens is 417 g/mol. The summed E-state index contributed by atoms with van der Waals surface area (Å²) in [5.41, 5.74) is 2.08. The van der Waals surface area contributed by atoms with E-state index in [0.717, 1.165) is 54.5 Å². The van der Waals surface area contributed by atoms with E-state index in [-0.39, 0.29) is 24.0 Å². The molecule has 0 atom stereocenters. The van der Waals surface area contributed by atoms with Crippen LogP contribution in [0, 0.1) is 0 Å². The van der Waals surface area contributed by atoms with Gasteiger partial charge in [0.25, 0.3) is 0 Å². The number of H-pyrrole nitrogens is 1. The van der Waals surface area contributed by atoms with Crippen molar-refractivity contribution in [2.75, 3.05) is 20.1 Å². The molecule has 24 heavy (non-hydrogen) atoms. The van der Waals surface area contributed by atoms with E-state index >= 15 is 0 Å². The van der Waals surface area contributed by atoms with Crippen molar-refractivity contribution in [2.45, 2.75) is 12.8 Å². The van der Waals surface area contributed by atoms with Gasteiger partial charge in [-0.15, -0.1) is 24.0 Å². The van der Waals surface area contributed by atoms with Crippen molar-refractivity contribution in [3.8, 4) is 0 Å². The van der Waals surface area contributed by atoms with Crippen LogP contribution < -0.4 is 10.6 Å². The zero-order valence-electron chi connectivity index (χ0n) is 13.6. The highest BCUT2D eigenvalue weighted by molar-refractivity contribution is 14.0. The minimum absolute atomic E-state index is 0. The van der Waals surface area contributed by atoms with Crippen molar-refractivity contribution < 1.29 is 4.42 Å². The van der Waals surface area contributed by atoms with E-state index in [2.05, 4.69) is 25.6 Å². The van der Waals surface area contributed by atoms with Crippen LogP contribution in [-0.2, 0) is 12.8 Å². The van der Waals surface area contributed by atoms with Gasteiger partial charge in [0.15, 0.2) is 5.96 Å². The van der Waals surface area contributed by atoms with E-state index in [0.29, 0.717) is 0 Å². The van der Waals surface area contributed by atoms with Gasteiger partial charge < -0.3 is 20.0 Å². The number of aromatic nitrogens is 2. The molecule has 0 amide bonds. The zero-order valence-corrected chi connectivity index (χ0v) is 15.9. The number of hydrogen-bond donors (Lipinski definition) is 3. The van der Waals surface area contributed by atoms with Gasteiger partial charge in [0.05, 0.1) is 17.3 Å². The minimum Gasteiger partial charge on any atom is -0.469 e. The van der Waals surface area contributed by atoms with Crippen LogP contribution >= 0.6 is 24.0 Å². The third kappa shape index (κ3) is 4.98. The van der Waals surface area contributed by atoms with Crippen molar-refractivity contribution in [2.24, 2.45) is 4.99 Å².